The molecule has 20 heavy (non-hydrogen) atoms. The van der Waals surface area contributed by atoms with Crippen molar-refractivity contribution in [1.29, 1.82) is 0 Å². The van der Waals surface area contributed by atoms with E-state index < -0.39 is 0 Å². The molecule has 0 spiro atoms. The minimum absolute atomic E-state index is 0.00300. The highest BCUT2D eigenvalue weighted by atomic mass is 16.3. The van der Waals surface area contributed by atoms with Gasteiger partial charge in [0.25, 0.3) is 0 Å². The molecule has 1 amide bonds. The number of carbonyl (C=O) groups excluding carboxylic acids is 1. The second kappa shape index (κ2) is 7.14. The first-order valence-electron chi connectivity index (χ1n) is 7.15. The van der Waals surface area contributed by atoms with Crippen LogP contribution in [0.1, 0.15) is 24.8 Å². The molecule has 1 aromatic rings. The van der Waals surface area contributed by atoms with E-state index in [2.05, 4.69) is 10.2 Å². The van der Waals surface area contributed by atoms with Gasteiger partial charge in [-0.2, -0.15) is 0 Å². The fourth-order valence-corrected chi connectivity index (χ4v) is 2.47. The topological polar surface area (TPSA) is 72.8 Å². The van der Waals surface area contributed by atoms with E-state index in [4.69, 9.17) is 0 Å². The molecule has 2 rings (SSSR count). The molecule has 0 radical (unpaired) electrons. The number of benzene rings is 1. The number of nitrogens with one attached hydrogen (secondary N) is 1. The summed E-state index contributed by atoms with van der Waals surface area (Å²) >= 11 is 0. The smallest absolute Gasteiger partial charge is 0.224 e. The lowest BCUT2D eigenvalue weighted by molar-refractivity contribution is -0.120. The van der Waals surface area contributed by atoms with Crippen molar-refractivity contribution in [3.05, 3.63) is 23.8 Å². The minimum atomic E-state index is -0.108. The first-order valence-corrected chi connectivity index (χ1v) is 7.15. The zero-order valence-electron chi connectivity index (χ0n) is 11.6. The quantitative estimate of drug-likeness (QED) is 0.758. The fraction of sp³-hybridized carbons (Fsp3) is 0.533. The maximum absolute atomic E-state index is 11.8. The van der Waals surface area contributed by atoms with Gasteiger partial charge in [0.05, 0.1) is 6.42 Å². The number of phenols is 2. The van der Waals surface area contributed by atoms with E-state index in [1.54, 1.807) is 6.07 Å². The largest absolute Gasteiger partial charge is 0.508 e. The van der Waals surface area contributed by atoms with Crippen molar-refractivity contribution in [1.82, 2.24) is 10.2 Å². The van der Waals surface area contributed by atoms with E-state index in [-0.39, 0.29) is 23.8 Å². The molecule has 0 saturated carbocycles. The summed E-state index contributed by atoms with van der Waals surface area (Å²) in [5.41, 5.74) is 0.526. The third-order valence-electron chi connectivity index (χ3n) is 3.62. The van der Waals surface area contributed by atoms with Crippen molar-refractivity contribution in [3.63, 3.8) is 0 Å². The Balaban J connectivity index is 1.72. The van der Waals surface area contributed by atoms with Crippen molar-refractivity contribution < 1.29 is 15.0 Å². The van der Waals surface area contributed by atoms with Crippen LogP contribution in [0.5, 0.6) is 11.5 Å². The van der Waals surface area contributed by atoms with Crippen LogP contribution in [0.3, 0.4) is 0 Å². The SMILES string of the molecule is O=C(Cc1ccc(O)cc1O)NCCN1CCCCC1. The fourth-order valence-electron chi connectivity index (χ4n) is 2.47. The number of piperidine rings is 1. The van der Waals surface area contributed by atoms with Crippen LogP contribution in [0.4, 0.5) is 0 Å². The molecule has 1 aliphatic heterocycles. The Morgan fingerprint density at radius 3 is 2.65 bits per heavy atom. The highest BCUT2D eigenvalue weighted by molar-refractivity contribution is 5.79. The standard InChI is InChI=1S/C15H22N2O3/c18-13-5-4-12(14(19)11-13)10-15(20)16-6-9-17-7-2-1-3-8-17/h4-5,11,18-19H,1-3,6-10H2,(H,16,20). The van der Waals surface area contributed by atoms with Gasteiger partial charge in [-0.1, -0.05) is 12.5 Å². The number of likely N-dealkylation sites (tertiary alicyclic amines) is 1. The van der Waals surface area contributed by atoms with E-state index in [1.807, 2.05) is 0 Å². The zero-order valence-corrected chi connectivity index (χ0v) is 11.6. The molecule has 0 unspecified atom stereocenters. The molecule has 110 valence electrons. The van der Waals surface area contributed by atoms with E-state index in [0.29, 0.717) is 12.1 Å². The van der Waals surface area contributed by atoms with Gasteiger partial charge >= 0.3 is 0 Å². The van der Waals surface area contributed by atoms with Gasteiger partial charge < -0.3 is 20.4 Å². The molecule has 0 atom stereocenters. The predicted molar refractivity (Wildman–Crippen MR) is 76.8 cm³/mol. The molecule has 0 aromatic heterocycles. The zero-order chi connectivity index (χ0) is 14.4. The Kier molecular flexibility index (Phi) is 5.24. The number of carbonyl (C=O) groups is 1. The normalized spacial score (nSPS) is 16.0. The Labute approximate surface area is 119 Å². The van der Waals surface area contributed by atoms with Crippen molar-refractivity contribution >= 4 is 5.91 Å². The molecule has 5 nitrogen and oxygen atoms in total. The third kappa shape index (κ3) is 4.42. The van der Waals surface area contributed by atoms with Crippen LogP contribution >= 0.6 is 0 Å². The first kappa shape index (κ1) is 14.7. The average molecular weight is 278 g/mol. The summed E-state index contributed by atoms with van der Waals surface area (Å²) in [5, 5.41) is 21.7. The van der Waals surface area contributed by atoms with E-state index >= 15 is 0 Å². The second-order valence-corrected chi connectivity index (χ2v) is 5.24. The molecule has 5 heteroatoms. The summed E-state index contributed by atoms with van der Waals surface area (Å²) in [6.45, 7) is 3.76. The lowest BCUT2D eigenvalue weighted by Crippen LogP contribution is -2.38. The number of hydrogen-bond donors (Lipinski definition) is 3. The van der Waals surface area contributed by atoms with Crippen molar-refractivity contribution in [3.8, 4) is 11.5 Å². The highest BCUT2D eigenvalue weighted by Crippen LogP contribution is 2.22. The van der Waals surface area contributed by atoms with Gasteiger partial charge in [-0.15, -0.1) is 0 Å². The third-order valence-corrected chi connectivity index (χ3v) is 3.62. The molecule has 0 aliphatic carbocycles. The van der Waals surface area contributed by atoms with Crippen molar-refractivity contribution in [2.45, 2.75) is 25.7 Å². The predicted octanol–water partition coefficient (Wildman–Crippen LogP) is 1.24. The number of aromatic hydroxyl groups is 2. The number of phenolic OH excluding ortho intramolecular Hbond substituents is 2. The molecule has 1 aromatic carbocycles. The number of hydrogen-bond acceptors (Lipinski definition) is 4. The lowest BCUT2D eigenvalue weighted by Gasteiger charge is -2.26. The summed E-state index contributed by atoms with van der Waals surface area (Å²) in [7, 11) is 0. The molecule has 1 saturated heterocycles. The van der Waals surface area contributed by atoms with Crippen molar-refractivity contribution in [2.75, 3.05) is 26.2 Å². The van der Waals surface area contributed by atoms with Crippen molar-refractivity contribution in [2.24, 2.45) is 0 Å². The molecule has 1 aliphatic rings. The molecule has 0 bridgehead atoms. The van der Waals surface area contributed by atoms with E-state index in [1.165, 1.54) is 31.4 Å². The second-order valence-electron chi connectivity index (χ2n) is 5.24. The van der Waals surface area contributed by atoms with Gasteiger partial charge in [0.1, 0.15) is 11.5 Å². The van der Waals surface area contributed by atoms with Gasteiger partial charge in [-0.3, -0.25) is 4.79 Å². The molecule has 1 fully saturated rings. The Hall–Kier alpha value is -1.75. The minimum Gasteiger partial charge on any atom is -0.508 e. The molecular weight excluding hydrogens is 256 g/mol. The number of amides is 1. The Morgan fingerprint density at radius 2 is 1.95 bits per heavy atom. The van der Waals surface area contributed by atoms with Crippen LogP contribution in [0.2, 0.25) is 0 Å². The van der Waals surface area contributed by atoms with Gasteiger partial charge in [-0.25, -0.2) is 0 Å². The van der Waals surface area contributed by atoms with E-state index in [0.717, 1.165) is 19.6 Å². The molecular formula is C15H22N2O3. The van der Waals surface area contributed by atoms with Gasteiger partial charge in [-0.05, 0) is 32.0 Å². The first-order chi connectivity index (χ1) is 9.65. The van der Waals surface area contributed by atoms with Crippen LogP contribution in [0.25, 0.3) is 0 Å². The van der Waals surface area contributed by atoms with Crippen LogP contribution < -0.4 is 5.32 Å². The van der Waals surface area contributed by atoms with Crippen LogP contribution in [0.15, 0.2) is 18.2 Å². The van der Waals surface area contributed by atoms with Crippen LogP contribution in [-0.4, -0.2) is 47.2 Å². The number of nitrogens with zero attached hydrogens (tertiary/aromatic N) is 1. The average Bonchev–Trinajstić information content (AvgIpc) is 2.43. The highest BCUT2D eigenvalue weighted by Gasteiger charge is 2.11. The molecule has 3 N–H and O–H groups in total. The van der Waals surface area contributed by atoms with Gasteiger partial charge in [0, 0.05) is 24.7 Å². The van der Waals surface area contributed by atoms with E-state index in [9.17, 15) is 15.0 Å². The van der Waals surface area contributed by atoms with Gasteiger partial charge in [0.15, 0.2) is 0 Å². The van der Waals surface area contributed by atoms with Crippen LogP contribution in [-0.2, 0) is 11.2 Å². The summed E-state index contributed by atoms with van der Waals surface area (Å²) in [5.74, 6) is -0.157. The summed E-state index contributed by atoms with van der Waals surface area (Å²) in [6.07, 6.45) is 3.93. The summed E-state index contributed by atoms with van der Waals surface area (Å²) in [4.78, 5) is 14.2. The monoisotopic (exact) mass is 278 g/mol. The van der Waals surface area contributed by atoms with Crippen LogP contribution in [0, 0.1) is 0 Å². The van der Waals surface area contributed by atoms with Gasteiger partial charge in [0.2, 0.25) is 5.91 Å². The number of rotatable bonds is 5. The summed E-state index contributed by atoms with van der Waals surface area (Å²) < 4.78 is 0. The maximum atomic E-state index is 11.8. The summed E-state index contributed by atoms with van der Waals surface area (Å²) in [6, 6.07) is 4.28. The Morgan fingerprint density at radius 1 is 1.20 bits per heavy atom. The molecule has 1 heterocycles. The Bertz CT molecular complexity index is 456. The maximum Gasteiger partial charge on any atom is 0.224 e. The lowest BCUT2D eigenvalue weighted by atomic mass is 10.1.